The molecule has 0 aliphatic heterocycles. The molecule has 2 amide bonds. The van der Waals surface area contributed by atoms with E-state index >= 15 is 0 Å². The Hall–Kier alpha value is -2.32. The molecule has 0 spiro atoms. The van der Waals surface area contributed by atoms with Crippen molar-refractivity contribution in [3.63, 3.8) is 0 Å². The first kappa shape index (κ1) is 34.9. The third-order valence-corrected chi connectivity index (χ3v) is 8.89. The molecule has 2 rings (SSSR count). The van der Waals surface area contributed by atoms with E-state index in [2.05, 4.69) is 31.3 Å². The number of hydrogen-bond donors (Lipinski definition) is 3. The smallest absolute Gasteiger partial charge is 0.225 e. The Balaban J connectivity index is 1.96. The van der Waals surface area contributed by atoms with Crippen molar-refractivity contribution in [2.24, 2.45) is 34.8 Å². The SMILES string of the molecule is COCCCOc1cc(C[C@@H](CC[C@@H](O)C[C@H](C(=O)NCC2(C(N)=O)CCCCC2)C(C)C)C(C)C)ccc1OC. The van der Waals surface area contributed by atoms with Gasteiger partial charge >= 0.3 is 0 Å². The molecule has 1 aromatic carbocycles. The second-order valence-corrected chi connectivity index (χ2v) is 12.6. The predicted octanol–water partition coefficient (Wildman–Crippen LogP) is 5.28. The molecular formula is C33H56N2O6. The molecule has 8 heteroatoms. The first-order valence-electron chi connectivity index (χ1n) is 15.6. The molecule has 0 bridgehead atoms. The topological polar surface area (TPSA) is 120 Å². The number of ether oxygens (including phenoxy) is 3. The van der Waals surface area contributed by atoms with Gasteiger partial charge in [0.25, 0.3) is 0 Å². The van der Waals surface area contributed by atoms with Crippen molar-refractivity contribution < 1.29 is 28.9 Å². The predicted molar refractivity (Wildman–Crippen MR) is 163 cm³/mol. The van der Waals surface area contributed by atoms with Gasteiger partial charge in [-0.15, -0.1) is 0 Å². The van der Waals surface area contributed by atoms with Gasteiger partial charge in [-0.25, -0.2) is 0 Å². The third-order valence-electron chi connectivity index (χ3n) is 8.89. The lowest BCUT2D eigenvalue weighted by molar-refractivity contribution is -0.132. The van der Waals surface area contributed by atoms with E-state index in [0.717, 1.165) is 57.1 Å². The molecule has 0 saturated heterocycles. The minimum absolute atomic E-state index is 0.0723. The van der Waals surface area contributed by atoms with Gasteiger partial charge in [0.2, 0.25) is 11.8 Å². The van der Waals surface area contributed by atoms with E-state index in [1.165, 1.54) is 5.56 Å². The quantitative estimate of drug-likeness (QED) is 0.193. The van der Waals surface area contributed by atoms with E-state index < -0.39 is 11.5 Å². The second kappa shape index (κ2) is 17.6. The summed E-state index contributed by atoms with van der Waals surface area (Å²) in [6.07, 6.45) is 7.45. The number of hydrogen-bond acceptors (Lipinski definition) is 6. The normalized spacial score (nSPS) is 17.2. The zero-order valence-electron chi connectivity index (χ0n) is 26.4. The minimum atomic E-state index is -0.644. The van der Waals surface area contributed by atoms with E-state index in [1.54, 1.807) is 14.2 Å². The number of benzene rings is 1. The average molecular weight is 577 g/mol. The van der Waals surface area contributed by atoms with Crippen molar-refractivity contribution in [3.8, 4) is 11.5 Å². The Kier molecular flexibility index (Phi) is 15.0. The van der Waals surface area contributed by atoms with Gasteiger partial charge in [-0.2, -0.15) is 0 Å². The zero-order chi connectivity index (χ0) is 30.4. The highest BCUT2D eigenvalue weighted by atomic mass is 16.5. The van der Waals surface area contributed by atoms with Gasteiger partial charge in [0.05, 0.1) is 25.2 Å². The molecule has 3 atom stereocenters. The van der Waals surface area contributed by atoms with Gasteiger partial charge in [0, 0.05) is 32.6 Å². The number of primary amides is 1. The first-order valence-corrected chi connectivity index (χ1v) is 15.6. The van der Waals surface area contributed by atoms with Crippen LogP contribution in [0.5, 0.6) is 11.5 Å². The van der Waals surface area contributed by atoms with E-state index in [0.29, 0.717) is 43.6 Å². The molecule has 41 heavy (non-hydrogen) atoms. The number of methoxy groups -OCH3 is 2. The van der Waals surface area contributed by atoms with Gasteiger partial charge in [0.15, 0.2) is 11.5 Å². The van der Waals surface area contributed by atoms with E-state index in [4.69, 9.17) is 19.9 Å². The molecule has 1 aliphatic carbocycles. The molecule has 1 saturated carbocycles. The van der Waals surface area contributed by atoms with Crippen LogP contribution >= 0.6 is 0 Å². The monoisotopic (exact) mass is 576 g/mol. The molecular weight excluding hydrogens is 520 g/mol. The number of nitrogens with two attached hydrogens (primary N) is 1. The fraction of sp³-hybridized carbons (Fsp3) is 0.758. The van der Waals surface area contributed by atoms with E-state index in [1.807, 2.05) is 19.9 Å². The van der Waals surface area contributed by atoms with Crippen LogP contribution in [0.1, 0.15) is 91.0 Å². The number of carbonyl (C=O) groups is 2. The maximum absolute atomic E-state index is 13.2. The van der Waals surface area contributed by atoms with Crippen LogP contribution in [0.25, 0.3) is 0 Å². The molecule has 1 aromatic rings. The third kappa shape index (κ3) is 11.1. The lowest BCUT2D eigenvalue weighted by atomic mass is 9.73. The van der Waals surface area contributed by atoms with Crippen molar-refractivity contribution >= 4 is 11.8 Å². The number of aliphatic hydroxyl groups is 1. The fourth-order valence-corrected chi connectivity index (χ4v) is 5.95. The molecule has 0 heterocycles. The van der Waals surface area contributed by atoms with Gasteiger partial charge in [-0.3, -0.25) is 9.59 Å². The highest BCUT2D eigenvalue weighted by Gasteiger charge is 2.39. The van der Waals surface area contributed by atoms with Crippen LogP contribution in [0, 0.1) is 29.1 Å². The summed E-state index contributed by atoms with van der Waals surface area (Å²) in [7, 11) is 3.33. The van der Waals surface area contributed by atoms with Crippen molar-refractivity contribution in [1.29, 1.82) is 0 Å². The number of amides is 2. The molecule has 4 N–H and O–H groups in total. The van der Waals surface area contributed by atoms with Crippen molar-refractivity contribution in [1.82, 2.24) is 5.32 Å². The van der Waals surface area contributed by atoms with Crippen LogP contribution in [0.4, 0.5) is 0 Å². The van der Waals surface area contributed by atoms with Crippen molar-refractivity contribution in [2.45, 2.75) is 98.0 Å². The lowest BCUT2D eigenvalue weighted by Gasteiger charge is -2.35. The summed E-state index contributed by atoms with van der Waals surface area (Å²) in [5.74, 6) is 1.58. The van der Waals surface area contributed by atoms with Crippen LogP contribution in [-0.4, -0.2) is 57.0 Å². The Bertz CT molecular complexity index is 928. The molecule has 0 radical (unpaired) electrons. The Labute approximate surface area is 248 Å². The fourth-order valence-electron chi connectivity index (χ4n) is 5.95. The largest absolute Gasteiger partial charge is 0.493 e. The maximum Gasteiger partial charge on any atom is 0.225 e. The van der Waals surface area contributed by atoms with Crippen molar-refractivity contribution in [2.75, 3.05) is 34.0 Å². The summed E-state index contributed by atoms with van der Waals surface area (Å²) in [6, 6.07) is 6.09. The summed E-state index contributed by atoms with van der Waals surface area (Å²) in [5.41, 5.74) is 6.29. The highest BCUT2D eigenvalue weighted by Crippen LogP contribution is 2.36. The summed E-state index contributed by atoms with van der Waals surface area (Å²) >= 11 is 0. The first-order chi connectivity index (χ1) is 19.5. The van der Waals surface area contributed by atoms with Crippen LogP contribution in [-0.2, 0) is 20.7 Å². The summed E-state index contributed by atoms with van der Waals surface area (Å²) < 4.78 is 16.6. The van der Waals surface area contributed by atoms with Crippen LogP contribution in [0.3, 0.4) is 0 Å². The zero-order valence-corrected chi connectivity index (χ0v) is 26.4. The molecule has 1 fully saturated rings. The number of carbonyl (C=O) groups excluding carboxylic acids is 2. The molecule has 0 unspecified atom stereocenters. The second-order valence-electron chi connectivity index (χ2n) is 12.6. The van der Waals surface area contributed by atoms with Gasteiger partial charge < -0.3 is 30.4 Å². The Morgan fingerprint density at radius 1 is 1.00 bits per heavy atom. The van der Waals surface area contributed by atoms with Crippen LogP contribution < -0.4 is 20.5 Å². The number of nitrogens with one attached hydrogen (secondary N) is 1. The molecule has 0 aromatic heterocycles. The van der Waals surface area contributed by atoms with Crippen molar-refractivity contribution in [3.05, 3.63) is 23.8 Å². The summed E-state index contributed by atoms with van der Waals surface area (Å²) in [5, 5.41) is 14.1. The standard InChI is InChI=1S/C33H56N2O6/c1-23(2)26(19-25-11-14-29(40-6)30(20-25)41-18-10-17-39-5)12-13-27(36)21-28(24(3)4)31(37)35-22-33(32(34)38)15-8-7-9-16-33/h11,14,20,23-24,26-28,36H,7-10,12-13,15-19,21-22H2,1-6H3,(H2,34,38)(H,35,37)/t26-,27-,28+/m1/s1. The molecule has 8 nitrogen and oxygen atoms in total. The van der Waals surface area contributed by atoms with E-state index in [9.17, 15) is 14.7 Å². The molecule has 1 aliphatic rings. The van der Waals surface area contributed by atoms with Gasteiger partial charge in [-0.05, 0) is 74.0 Å². The Morgan fingerprint density at radius 3 is 2.29 bits per heavy atom. The average Bonchev–Trinajstić information content (AvgIpc) is 2.95. The van der Waals surface area contributed by atoms with Crippen LogP contribution in [0.2, 0.25) is 0 Å². The lowest BCUT2D eigenvalue weighted by Crippen LogP contribution is -2.49. The molecule has 234 valence electrons. The van der Waals surface area contributed by atoms with E-state index in [-0.39, 0.29) is 30.2 Å². The maximum atomic E-state index is 13.2. The highest BCUT2D eigenvalue weighted by molar-refractivity contribution is 5.83. The number of rotatable bonds is 19. The van der Waals surface area contributed by atoms with Gasteiger partial charge in [0.1, 0.15) is 0 Å². The minimum Gasteiger partial charge on any atom is -0.493 e. The van der Waals surface area contributed by atoms with Crippen LogP contribution in [0.15, 0.2) is 18.2 Å². The van der Waals surface area contributed by atoms with Gasteiger partial charge in [-0.1, -0.05) is 53.0 Å². The summed E-state index contributed by atoms with van der Waals surface area (Å²) in [4.78, 5) is 25.4. The number of aliphatic hydroxyl groups excluding tert-OH is 1. The summed E-state index contributed by atoms with van der Waals surface area (Å²) in [6.45, 7) is 9.94. The Morgan fingerprint density at radius 2 is 1.71 bits per heavy atom.